The van der Waals surface area contributed by atoms with Gasteiger partial charge in [-0.15, -0.1) is 11.3 Å². The largest absolute Gasteiger partial charge is 0.320 e. The van der Waals surface area contributed by atoms with Gasteiger partial charge in [0.1, 0.15) is 0 Å². The van der Waals surface area contributed by atoms with Gasteiger partial charge in [0, 0.05) is 32.8 Å². The van der Waals surface area contributed by atoms with Crippen molar-refractivity contribution in [3.63, 3.8) is 0 Å². The molecule has 0 radical (unpaired) electrons. The van der Waals surface area contributed by atoms with Crippen LogP contribution in [0.1, 0.15) is 33.6 Å². The third-order valence-corrected chi connectivity index (χ3v) is 5.39. The summed E-state index contributed by atoms with van der Waals surface area (Å²) >= 11 is 1.31. The van der Waals surface area contributed by atoms with Crippen LogP contribution in [0.2, 0.25) is 0 Å². The lowest BCUT2D eigenvalue weighted by molar-refractivity contribution is -0.117. The van der Waals surface area contributed by atoms with E-state index in [-0.39, 0.29) is 23.5 Å². The Morgan fingerprint density at radius 2 is 2.19 bits per heavy atom. The predicted octanol–water partition coefficient (Wildman–Crippen LogP) is 2.28. The molecule has 2 atom stereocenters. The molecule has 0 aliphatic rings. The number of thiazole rings is 1. The maximum Gasteiger partial charge on any atom is 0.243 e. The van der Waals surface area contributed by atoms with Gasteiger partial charge in [-0.25, -0.2) is 9.19 Å². The van der Waals surface area contributed by atoms with Gasteiger partial charge in [-0.05, 0) is 18.3 Å². The van der Waals surface area contributed by atoms with Crippen molar-refractivity contribution in [3.8, 4) is 0 Å². The minimum atomic E-state index is -2.68. The van der Waals surface area contributed by atoms with Gasteiger partial charge in [0.15, 0.2) is 5.13 Å². The van der Waals surface area contributed by atoms with E-state index in [2.05, 4.69) is 31.1 Å². The lowest BCUT2D eigenvalue weighted by Crippen LogP contribution is -2.37. The average molecular weight is 332 g/mol. The van der Waals surface area contributed by atoms with E-state index in [0.717, 1.165) is 6.42 Å². The molecule has 120 valence electrons. The van der Waals surface area contributed by atoms with E-state index in [1.54, 1.807) is 11.6 Å². The number of nitrogens with two attached hydrogens (primary N) is 1. The predicted molar refractivity (Wildman–Crippen MR) is 88.0 cm³/mol. The molecule has 6 nitrogen and oxygen atoms in total. The highest BCUT2D eigenvalue weighted by Crippen LogP contribution is 2.20. The number of carbonyl (C=O) groups excluding carboxylic acids is 1. The van der Waals surface area contributed by atoms with Crippen LogP contribution in [0.4, 0.5) is 5.13 Å². The minimum absolute atomic E-state index is 0.0496. The average Bonchev–Trinajstić information content (AvgIpc) is 2.86. The molecule has 0 aliphatic heterocycles. The van der Waals surface area contributed by atoms with Crippen molar-refractivity contribution in [2.24, 2.45) is 11.1 Å². The summed E-state index contributed by atoms with van der Waals surface area (Å²) in [5.74, 6) is 0.142. The standard InChI is InChI=1S/C13H24N4O2S2/c1-13(2,3)5-9-21(15,19)8-4-10(14)11(18)17-12-16-6-7-20-12/h6-7,10,15H,4-5,8-9,14H2,1-3H3,(H,16,17,18)/t10-,21?/m0/s1. The molecule has 8 heteroatoms. The van der Waals surface area contributed by atoms with E-state index in [0.29, 0.717) is 10.9 Å². The molecule has 4 N–H and O–H groups in total. The molecule has 21 heavy (non-hydrogen) atoms. The summed E-state index contributed by atoms with van der Waals surface area (Å²) in [6.07, 6.45) is 2.55. The number of carbonyl (C=O) groups is 1. The quantitative estimate of drug-likeness (QED) is 0.711. The fourth-order valence-corrected chi connectivity index (χ4v) is 3.82. The molecule has 1 amide bonds. The number of rotatable bonds is 7. The van der Waals surface area contributed by atoms with Gasteiger partial charge >= 0.3 is 0 Å². The first-order chi connectivity index (χ1) is 9.59. The summed E-state index contributed by atoms with van der Waals surface area (Å²) < 4.78 is 20.0. The van der Waals surface area contributed by atoms with E-state index in [1.165, 1.54) is 11.3 Å². The summed E-state index contributed by atoms with van der Waals surface area (Å²) in [5.41, 5.74) is 5.83. The SMILES string of the molecule is CC(C)(C)CCS(=N)(=O)CC[C@H](N)C(=O)Nc1nccs1. The highest BCUT2D eigenvalue weighted by molar-refractivity contribution is 7.92. The van der Waals surface area contributed by atoms with E-state index in [9.17, 15) is 9.00 Å². The third-order valence-electron chi connectivity index (χ3n) is 2.94. The number of hydrogen-bond acceptors (Lipinski definition) is 6. The van der Waals surface area contributed by atoms with Gasteiger partial charge in [0.2, 0.25) is 5.91 Å². The van der Waals surface area contributed by atoms with Gasteiger partial charge < -0.3 is 11.1 Å². The van der Waals surface area contributed by atoms with Crippen LogP contribution in [-0.4, -0.2) is 32.6 Å². The second-order valence-electron chi connectivity index (χ2n) is 6.25. The van der Waals surface area contributed by atoms with Crippen molar-refractivity contribution in [1.29, 1.82) is 4.78 Å². The number of amides is 1. The zero-order valence-corrected chi connectivity index (χ0v) is 14.4. The van der Waals surface area contributed by atoms with Crippen LogP contribution in [0.15, 0.2) is 11.6 Å². The van der Waals surface area contributed by atoms with Crippen LogP contribution >= 0.6 is 11.3 Å². The summed E-state index contributed by atoms with van der Waals surface area (Å²) in [4.78, 5) is 15.8. The Morgan fingerprint density at radius 3 is 2.71 bits per heavy atom. The van der Waals surface area contributed by atoms with Crippen molar-refractivity contribution < 1.29 is 9.00 Å². The Labute approximate surface area is 130 Å². The number of aromatic nitrogens is 1. The molecule has 0 spiro atoms. The van der Waals surface area contributed by atoms with Gasteiger partial charge in [0.25, 0.3) is 0 Å². The van der Waals surface area contributed by atoms with E-state index >= 15 is 0 Å². The first-order valence-electron chi connectivity index (χ1n) is 6.79. The second kappa shape index (κ2) is 7.33. The van der Waals surface area contributed by atoms with Crippen molar-refractivity contribution in [2.75, 3.05) is 16.8 Å². The van der Waals surface area contributed by atoms with Crippen LogP contribution in [-0.2, 0) is 14.5 Å². The number of nitrogens with one attached hydrogen (secondary N) is 2. The molecule has 1 aromatic heterocycles. The molecule has 1 unspecified atom stereocenters. The van der Waals surface area contributed by atoms with Gasteiger partial charge in [-0.3, -0.25) is 9.57 Å². The Hall–Kier alpha value is -0.990. The Kier molecular flexibility index (Phi) is 6.30. The molecule has 0 aromatic carbocycles. The smallest absolute Gasteiger partial charge is 0.243 e. The van der Waals surface area contributed by atoms with Crippen LogP contribution < -0.4 is 11.1 Å². The number of hydrogen-bond donors (Lipinski definition) is 3. The Balaban J connectivity index is 2.41. The Morgan fingerprint density at radius 1 is 1.52 bits per heavy atom. The van der Waals surface area contributed by atoms with Gasteiger partial charge in [0.05, 0.1) is 6.04 Å². The molecular formula is C13H24N4O2S2. The summed E-state index contributed by atoms with van der Waals surface area (Å²) in [6.45, 7) is 6.15. The summed E-state index contributed by atoms with van der Waals surface area (Å²) in [5, 5.41) is 4.85. The normalized spacial score (nSPS) is 16.2. The van der Waals surface area contributed by atoms with Crippen molar-refractivity contribution >= 4 is 32.1 Å². The van der Waals surface area contributed by atoms with Gasteiger partial charge in [-0.1, -0.05) is 20.8 Å². The molecule has 1 rings (SSSR count). The van der Waals surface area contributed by atoms with Crippen LogP contribution in [0.3, 0.4) is 0 Å². The fourth-order valence-electron chi connectivity index (χ4n) is 1.50. The van der Waals surface area contributed by atoms with E-state index in [1.807, 2.05) is 0 Å². The fraction of sp³-hybridized carbons (Fsp3) is 0.692. The molecule has 0 bridgehead atoms. The molecule has 0 saturated heterocycles. The van der Waals surface area contributed by atoms with Crippen molar-refractivity contribution in [1.82, 2.24) is 4.98 Å². The molecule has 1 aromatic rings. The topological polar surface area (TPSA) is 109 Å². The lowest BCUT2D eigenvalue weighted by atomic mass is 9.94. The molecular weight excluding hydrogens is 308 g/mol. The highest BCUT2D eigenvalue weighted by Gasteiger charge is 2.19. The first-order valence-corrected chi connectivity index (χ1v) is 9.57. The first kappa shape index (κ1) is 18.1. The number of nitrogens with zero attached hydrogens (tertiary/aromatic N) is 1. The van der Waals surface area contributed by atoms with Gasteiger partial charge in [-0.2, -0.15) is 0 Å². The number of anilines is 1. The third kappa shape index (κ3) is 7.54. The van der Waals surface area contributed by atoms with Crippen LogP contribution in [0.25, 0.3) is 0 Å². The summed E-state index contributed by atoms with van der Waals surface area (Å²) in [7, 11) is -2.68. The van der Waals surface area contributed by atoms with E-state index in [4.69, 9.17) is 10.5 Å². The van der Waals surface area contributed by atoms with Crippen LogP contribution in [0.5, 0.6) is 0 Å². The van der Waals surface area contributed by atoms with Crippen molar-refractivity contribution in [3.05, 3.63) is 11.6 Å². The maximum atomic E-state index is 12.1. The minimum Gasteiger partial charge on any atom is -0.320 e. The molecule has 0 aliphatic carbocycles. The maximum absolute atomic E-state index is 12.1. The van der Waals surface area contributed by atoms with Crippen molar-refractivity contribution in [2.45, 2.75) is 39.7 Å². The monoisotopic (exact) mass is 332 g/mol. The molecule has 0 fully saturated rings. The van der Waals surface area contributed by atoms with E-state index < -0.39 is 15.8 Å². The second-order valence-corrected chi connectivity index (χ2v) is 9.59. The molecule has 0 saturated carbocycles. The zero-order chi connectivity index (χ0) is 16.1. The lowest BCUT2D eigenvalue weighted by Gasteiger charge is -2.19. The molecule has 1 heterocycles. The zero-order valence-electron chi connectivity index (χ0n) is 12.7. The summed E-state index contributed by atoms with van der Waals surface area (Å²) in [6, 6.07) is -0.769. The highest BCUT2D eigenvalue weighted by atomic mass is 32.2. The Bertz CT molecular complexity index is 547. The van der Waals surface area contributed by atoms with Crippen LogP contribution in [0, 0.1) is 10.2 Å².